The van der Waals surface area contributed by atoms with E-state index in [0.29, 0.717) is 12.1 Å². The van der Waals surface area contributed by atoms with Gasteiger partial charge >= 0.3 is 5.97 Å². The molecular weight excluding hydrogens is 462 g/mol. The maximum absolute atomic E-state index is 13.1. The Bertz CT molecular complexity index is 1150. The molecule has 0 saturated carbocycles. The Morgan fingerprint density at radius 2 is 1.85 bits per heavy atom. The molecule has 0 N–H and O–H groups in total. The average Bonchev–Trinajstić information content (AvgIpc) is 2.82. The first-order chi connectivity index (χ1) is 16.2. The Balaban J connectivity index is 2.10. The van der Waals surface area contributed by atoms with E-state index in [1.807, 2.05) is 30.3 Å². The van der Waals surface area contributed by atoms with Crippen LogP contribution >= 0.6 is 11.6 Å². The lowest BCUT2D eigenvalue weighted by molar-refractivity contribution is -0.505. The summed E-state index contributed by atoms with van der Waals surface area (Å²) in [7, 11) is 0. The molecule has 0 spiro atoms. The molecule has 0 aromatic heterocycles. The van der Waals surface area contributed by atoms with E-state index in [-0.39, 0.29) is 40.9 Å². The van der Waals surface area contributed by atoms with Crippen LogP contribution in [0.2, 0.25) is 0 Å². The van der Waals surface area contributed by atoms with Gasteiger partial charge in [0.05, 0.1) is 39.8 Å². The minimum absolute atomic E-state index is 0.0339. The van der Waals surface area contributed by atoms with Crippen LogP contribution in [-0.2, 0) is 9.53 Å². The first-order valence-corrected chi connectivity index (χ1v) is 11.2. The molecule has 178 valence electrons. The van der Waals surface area contributed by atoms with E-state index in [4.69, 9.17) is 16.3 Å². The second kappa shape index (κ2) is 11.0. The summed E-state index contributed by atoms with van der Waals surface area (Å²) in [5.41, 5.74) is 1.53. The number of esters is 1. The van der Waals surface area contributed by atoms with Gasteiger partial charge < -0.3 is 4.74 Å². The van der Waals surface area contributed by atoms with Gasteiger partial charge in [0, 0.05) is 17.1 Å². The average molecular weight is 486 g/mol. The fourth-order valence-electron chi connectivity index (χ4n) is 4.11. The lowest BCUT2D eigenvalue weighted by Gasteiger charge is -2.28. The van der Waals surface area contributed by atoms with Crippen molar-refractivity contribution in [2.45, 2.75) is 44.0 Å². The summed E-state index contributed by atoms with van der Waals surface area (Å²) in [6, 6.07) is 13.6. The van der Waals surface area contributed by atoms with E-state index in [9.17, 15) is 25.0 Å². The highest BCUT2D eigenvalue weighted by Crippen LogP contribution is 2.40. The number of halogens is 1. The molecule has 1 heterocycles. The summed E-state index contributed by atoms with van der Waals surface area (Å²) in [6.07, 6.45) is 0.690. The normalized spacial score (nSPS) is 18.7. The number of nitro groups is 2. The van der Waals surface area contributed by atoms with Crippen LogP contribution < -0.4 is 0 Å². The molecule has 2 aromatic carbocycles. The van der Waals surface area contributed by atoms with Crippen molar-refractivity contribution in [1.29, 1.82) is 0 Å². The number of hydrogen-bond donors (Lipinski definition) is 0. The molecule has 3 atom stereocenters. The number of carbonyl (C=O) groups excluding carboxylic acids is 1. The number of aliphatic imine (C=N–C) groups is 1. The third-order valence-electron chi connectivity index (χ3n) is 5.64. The summed E-state index contributed by atoms with van der Waals surface area (Å²) in [4.78, 5) is 39.8. The predicted octanol–water partition coefficient (Wildman–Crippen LogP) is 5.38. The van der Waals surface area contributed by atoms with E-state index in [0.717, 1.165) is 5.56 Å². The molecule has 0 aliphatic carbocycles. The molecule has 1 aliphatic heterocycles. The van der Waals surface area contributed by atoms with Crippen LogP contribution in [0, 0.1) is 20.2 Å². The number of alkyl halides is 1. The summed E-state index contributed by atoms with van der Waals surface area (Å²) in [5.74, 6) is -1.82. The van der Waals surface area contributed by atoms with Gasteiger partial charge in [-0.05, 0) is 37.8 Å². The van der Waals surface area contributed by atoms with Gasteiger partial charge in [-0.1, -0.05) is 42.5 Å². The number of non-ortho nitro benzene ring substituents is 1. The molecule has 0 radical (unpaired) electrons. The van der Waals surface area contributed by atoms with Crippen LogP contribution in [0.1, 0.15) is 49.1 Å². The van der Waals surface area contributed by atoms with Gasteiger partial charge in [-0.15, -0.1) is 11.6 Å². The zero-order chi connectivity index (χ0) is 24.8. The minimum atomic E-state index is -1.37. The molecule has 10 heteroatoms. The Morgan fingerprint density at radius 1 is 1.15 bits per heavy atom. The molecule has 9 nitrogen and oxygen atoms in total. The van der Waals surface area contributed by atoms with Gasteiger partial charge in [-0.3, -0.25) is 25.2 Å². The highest BCUT2D eigenvalue weighted by atomic mass is 35.5. The predicted molar refractivity (Wildman–Crippen MR) is 128 cm³/mol. The maximum atomic E-state index is 13.1. The Labute approximate surface area is 201 Å². The second-order valence-corrected chi connectivity index (χ2v) is 8.34. The van der Waals surface area contributed by atoms with Crippen molar-refractivity contribution in [3.05, 3.63) is 97.2 Å². The number of allylic oxidation sites excluding steroid dienone is 1. The molecule has 2 aromatic rings. The van der Waals surface area contributed by atoms with Crippen LogP contribution in [0.3, 0.4) is 0 Å². The van der Waals surface area contributed by atoms with Crippen LogP contribution in [0.5, 0.6) is 0 Å². The second-order valence-electron chi connectivity index (χ2n) is 7.81. The van der Waals surface area contributed by atoms with Gasteiger partial charge in [0.25, 0.3) is 11.7 Å². The summed E-state index contributed by atoms with van der Waals surface area (Å²) in [6.45, 7) is 3.22. The fourth-order valence-corrected chi connectivity index (χ4v) is 4.36. The van der Waals surface area contributed by atoms with E-state index < -0.39 is 27.8 Å². The lowest BCUT2D eigenvalue weighted by Crippen LogP contribution is -2.40. The number of benzene rings is 2. The molecule has 3 rings (SSSR count). The van der Waals surface area contributed by atoms with E-state index in [1.54, 1.807) is 6.92 Å². The largest absolute Gasteiger partial charge is 0.463 e. The van der Waals surface area contributed by atoms with Gasteiger partial charge in [0.15, 0.2) is 0 Å². The topological polar surface area (TPSA) is 125 Å². The van der Waals surface area contributed by atoms with E-state index >= 15 is 0 Å². The number of rotatable bonds is 9. The van der Waals surface area contributed by atoms with E-state index in [1.165, 1.54) is 31.2 Å². The Morgan fingerprint density at radius 3 is 2.47 bits per heavy atom. The van der Waals surface area contributed by atoms with Crippen LogP contribution in [0.4, 0.5) is 5.69 Å². The first kappa shape index (κ1) is 25.0. The van der Waals surface area contributed by atoms with E-state index in [2.05, 4.69) is 4.99 Å². The molecule has 0 fully saturated rings. The zero-order valence-corrected chi connectivity index (χ0v) is 19.5. The molecule has 0 bridgehead atoms. The smallest absolute Gasteiger partial charge is 0.336 e. The van der Waals surface area contributed by atoms with Crippen LogP contribution in [-0.4, -0.2) is 34.2 Å². The fraction of sp³-hybridized carbons (Fsp3) is 0.333. The number of ether oxygens (including phenoxy) is 1. The third kappa shape index (κ3) is 5.48. The van der Waals surface area contributed by atoms with Crippen molar-refractivity contribution in [2.75, 3.05) is 6.61 Å². The lowest BCUT2D eigenvalue weighted by atomic mass is 9.79. The molecule has 3 unspecified atom stereocenters. The zero-order valence-electron chi connectivity index (χ0n) is 18.7. The van der Waals surface area contributed by atoms with Crippen molar-refractivity contribution in [1.82, 2.24) is 0 Å². The number of carbonyl (C=O) groups is 1. The molecule has 0 amide bonds. The van der Waals surface area contributed by atoms with Crippen LogP contribution in [0.25, 0.3) is 0 Å². The monoisotopic (exact) mass is 485 g/mol. The van der Waals surface area contributed by atoms with Crippen molar-refractivity contribution in [2.24, 2.45) is 4.99 Å². The van der Waals surface area contributed by atoms with Gasteiger partial charge in [0.1, 0.15) is 0 Å². The summed E-state index contributed by atoms with van der Waals surface area (Å²) in [5, 5.41) is 23.0. The highest BCUT2D eigenvalue weighted by Gasteiger charge is 2.45. The van der Waals surface area contributed by atoms with Crippen LogP contribution in [0.15, 0.2) is 70.9 Å². The standard InChI is InChI=1S/C24H24ClN3O6/c1-3-34-24(29)22-20(13-12-19(25)16-8-5-4-6-9-16)26-15(2)23(28(32)33)21(22)17-10-7-11-18(14-17)27(30)31/h4-11,14,19,21,23H,3,12-13H2,1-2H3. The Hall–Kier alpha value is -3.59. The van der Waals surface area contributed by atoms with Crippen molar-refractivity contribution >= 4 is 29.0 Å². The number of nitro benzene ring substituents is 1. The van der Waals surface area contributed by atoms with Crippen molar-refractivity contribution in [3.8, 4) is 0 Å². The molecule has 1 aliphatic rings. The SMILES string of the molecule is CCOC(=O)C1=C(CCC(Cl)c2ccccc2)N=C(C)C([N+](=O)[O-])C1c1cccc([N+](=O)[O-])c1. The Kier molecular flexibility index (Phi) is 8.12. The van der Waals surface area contributed by atoms with Gasteiger partial charge in [0.2, 0.25) is 0 Å². The van der Waals surface area contributed by atoms with Crippen molar-refractivity contribution in [3.63, 3.8) is 0 Å². The van der Waals surface area contributed by atoms with Crippen molar-refractivity contribution < 1.29 is 19.4 Å². The summed E-state index contributed by atoms with van der Waals surface area (Å²) >= 11 is 6.57. The third-order valence-corrected chi connectivity index (χ3v) is 6.11. The molecule has 0 saturated heterocycles. The number of nitrogens with zero attached hydrogens (tertiary/aromatic N) is 3. The van der Waals surface area contributed by atoms with Gasteiger partial charge in [-0.2, -0.15) is 0 Å². The van der Waals surface area contributed by atoms with Gasteiger partial charge in [-0.25, -0.2) is 4.79 Å². The number of hydrogen-bond acceptors (Lipinski definition) is 7. The highest BCUT2D eigenvalue weighted by molar-refractivity contribution is 6.20. The molecule has 34 heavy (non-hydrogen) atoms. The maximum Gasteiger partial charge on any atom is 0.336 e. The summed E-state index contributed by atoms with van der Waals surface area (Å²) < 4.78 is 5.24. The first-order valence-electron chi connectivity index (χ1n) is 10.8. The molecular formula is C24H24ClN3O6. The quantitative estimate of drug-likeness (QED) is 0.203. The minimum Gasteiger partial charge on any atom is -0.463 e.